The Morgan fingerprint density at radius 3 is 2.54 bits per heavy atom. The van der Waals surface area contributed by atoms with Crippen molar-refractivity contribution < 1.29 is 19.1 Å². The molecule has 35 heavy (non-hydrogen) atoms. The van der Waals surface area contributed by atoms with E-state index < -0.39 is 18.0 Å². The van der Waals surface area contributed by atoms with Gasteiger partial charge in [0.1, 0.15) is 22.6 Å². The van der Waals surface area contributed by atoms with Crippen molar-refractivity contribution in [2.45, 2.75) is 39.8 Å². The van der Waals surface area contributed by atoms with Gasteiger partial charge in [0.15, 0.2) is 11.6 Å². The van der Waals surface area contributed by atoms with Crippen LogP contribution in [0.15, 0.2) is 70.6 Å². The van der Waals surface area contributed by atoms with Gasteiger partial charge in [0.25, 0.3) is 11.5 Å². The van der Waals surface area contributed by atoms with Crippen molar-refractivity contribution >= 4 is 28.6 Å². The van der Waals surface area contributed by atoms with Gasteiger partial charge in [0.2, 0.25) is 0 Å². The van der Waals surface area contributed by atoms with Crippen molar-refractivity contribution in [3.63, 3.8) is 0 Å². The van der Waals surface area contributed by atoms with Crippen molar-refractivity contribution in [2.75, 3.05) is 6.61 Å². The van der Waals surface area contributed by atoms with E-state index in [1.165, 1.54) is 10.5 Å². The second kappa shape index (κ2) is 10.3. The number of aryl methyl sites for hydroxylation is 1. The molecule has 0 N–H and O–H groups in total. The molecule has 0 aliphatic heterocycles. The molecule has 1 atom stereocenters. The summed E-state index contributed by atoms with van der Waals surface area (Å²) >= 11 is 0. The Labute approximate surface area is 201 Å². The maximum absolute atomic E-state index is 13.3. The highest BCUT2D eigenvalue weighted by molar-refractivity contribution is 5.94. The van der Waals surface area contributed by atoms with Crippen LogP contribution in [-0.2, 0) is 16.1 Å². The van der Waals surface area contributed by atoms with E-state index in [1.807, 2.05) is 13.0 Å². The average molecular weight is 475 g/mol. The molecule has 0 aliphatic rings. The molecule has 0 fully saturated rings. The summed E-state index contributed by atoms with van der Waals surface area (Å²) < 4.78 is 14.0. The molecular formula is C26H26N4O5. The Kier molecular flexibility index (Phi) is 7.05. The number of rotatable bonds is 7. The number of hydrogen-bond acceptors (Lipinski definition) is 6. The monoisotopic (exact) mass is 474 g/mol. The molecule has 9 nitrogen and oxygen atoms in total. The summed E-state index contributed by atoms with van der Waals surface area (Å²) in [6.45, 7) is 5.71. The fourth-order valence-electron chi connectivity index (χ4n) is 3.74. The van der Waals surface area contributed by atoms with Crippen molar-refractivity contribution in [1.29, 1.82) is 0 Å². The first-order chi connectivity index (χ1) is 16.9. The number of para-hydroxylation sites is 1. The van der Waals surface area contributed by atoms with Crippen molar-refractivity contribution in [3.05, 3.63) is 82.2 Å². The Morgan fingerprint density at radius 2 is 1.83 bits per heavy atom. The number of pyridine rings is 2. The third-order valence-electron chi connectivity index (χ3n) is 5.35. The lowest BCUT2D eigenvalue weighted by Gasteiger charge is -2.15. The second-order valence-electron chi connectivity index (χ2n) is 7.86. The molecule has 0 bridgehead atoms. The summed E-state index contributed by atoms with van der Waals surface area (Å²) in [5, 5.41) is 0.227. The molecule has 180 valence electrons. The summed E-state index contributed by atoms with van der Waals surface area (Å²) in [5.41, 5.74) is 0.539. The third-order valence-corrected chi connectivity index (χ3v) is 5.35. The quantitative estimate of drug-likeness (QED) is 0.301. The van der Waals surface area contributed by atoms with Crippen LogP contribution >= 0.6 is 0 Å². The van der Waals surface area contributed by atoms with Crippen LogP contribution in [0.4, 0.5) is 0 Å². The van der Waals surface area contributed by atoms with Crippen LogP contribution in [0.3, 0.4) is 0 Å². The van der Waals surface area contributed by atoms with Crippen LogP contribution in [0.5, 0.6) is 5.75 Å². The Balaban J connectivity index is 1.97. The number of carbonyl (C=O) groups is 2. The first-order valence-electron chi connectivity index (χ1n) is 11.5. The standard InChI is InChI=1S/C26H26N4O5/c1-4-14-30-22-19(25(32)29-15-10-9-13-21(29)27-22)16-20(26(33)34-5-2)23(30)28-24(31)17(3)35-18-11-7-6-8-12-18/h6-13,15-17H,4-5,14H2,1-3H3/t17-/m0/s1. The fourth-order valence-corrected chi connectivity index (χ4v) is 3.74. The summed E-state index contributed by atoms with van der Waals surface area (Å²) in [7, 11) is 0. The normalized spacial score (nSPS) is 12.6. The highest BCUT2D eigenvalue weighted by Crippen LogP contribution is 2.14. The molecule has 1 aromatic carbocycles. The topological polar surface area (TPSA) is 104 Å². The molecule has 9 heteroatoms. The van der Waals surface area contributed by atoms with E-state index in [0.29, 0.717) is 30.0 Å². The molecule has 0 spiro atoms. The van der Waals surface area contributed by atoms with Gasteiger partial charge in [-0.1, -0.05) is 31.2 Å². The van der Waals surface area contributed by atoms with E-state index in [1.54, 1.807) is 67.1 Å². The highest BCUT2D eigenvalue weighted by Gasteiger charge is 2.21. The van der Waals surface area contributed by atoms with Crippen LogP contribution in [0, 0.1) is 0 Å². The van der Waals surface area contributed by atoms with Gasteiger partial charge in [-0.3, -0.25) is 14.0 Å². The van der Waals surface area contributed by atoms with E-state index in [-0.39, 0.29) is 28.6 Å². The molecule has 4 rings (SSSR count). The number of hydrogen-bond donors (Lipinski definition) is 0. The molecule has 3 heterocycles. The number of amides is 1. The fraction of sp³-hybridized carbons (Fsp3) is 0.269. The molecule has 4 aromatic rings. The largest absolute Gasteiger partial charge is 0.481 e. The lowest BCUT2D eigenvalue weighted by atomic mass is 10.2. The van der Waals surface area contributed by atoms with E-state index in [4.69, 9.17) is 9.47 Å². The number of esters is 1. The van der Waals surface area contributed by atoms with Gasteiger partial charge in [-0.2, -0.15) is 4.99 Å². The molecular weight excluding hydrogens is 448 g/mol. The first-order valence-corrected chi connectivity index (χ1v) is 11.5. The third kappa shape index (κ3) is 4.84. The van der Waals surface area contributed by atoms with Crippen molar-refractivity contribution in [3.8, 4) is 5.75 Å². The summed E-state index contributed by atoms with van der Waals surface area (Å²) in [6.07, 6.45) is 1.35. The van der Waals surface area contributed by atoms with Gasteiger partial charge in [0.05, 0.1) is 12.0 Å². The maximum atomic E-state index is 13.3. The summed E-state index contributed by atoms with van der Waals surface area (Å²) in [4.78, 5) is 48.2. The van der Waals surface area contributed by atoms with Crippen LogP contribution in [-0.4, -0.2) is 38.5 Å². The molecule has 0 saturated heterocycles. The number of benzene rings is 1. The van der Waals surface area contributed by atoms with Gasteiger partial charge in [-0.25, -0.2) is 9.78 Å². The molecule has 0 aliphatic carbocycles. The Hall–Kier alpha value is -4.27. The van der Waals surface area contributed by atoms with Gasteiger partial charge in [-0.15, -0.1) is 0 Å². The average Bonchev–Trinajstić information content (AvgIpc) is 2.86. The molecule has 1 amide bonds. The minimum Gasteiger partial charge on any atom is -0.481 e. The van der Waals surface area contributed by atoms with Gasteiger partial charge in [0, 0.05) is 12.7 Å². The number of fused-ring (bicyclic) bond motifs is 2. The molecule has 0 unspecified atom stereocenters. The lowest BCUT2D eigenvalue weighted by molar-refractivity contribution is -0.124. The van der Waals surface area contributed by atoms with Gasteiger partial charge < -0.3 is 14.0 Å². The van der Waals surface area contributed by atoms with Gasteiger partial charge in [-0.05, 0) is 50.6 Å². The number of aromatic nitrogens is 3. The molecule has 0 radical (unpaired) electrons. The van der Waals surface area contributed by atoms with Crippen LogP contribution < -0.4 is 15.8 Å². The Bertz CT molecular complexity index is 1520. The predicted molar refractivity (Wildman–Crippen MR) is 130 cm³/mol. The number of nitrogens with zero attached hydrogens (tertiary/aromatic N) is 4. The van der Waals surface area contributed by atoms with Crippen molar-refractivity contribution in [1.82, 2.24) is 14.0 Å². The number of carbonyl (C=O) groups excluding carboxylic acids is 2. The zero-order valence-corrected chi connectivity index (χ0v) is 19.8. The van der Waals surface area contributed by atoms with Crippen molar-refractivity contribution in [2.24, 2.45) is 4.99 Å². The zero-order chi connectivity index (χ0) is 24.9. The maximum Gasteiger partial charge on any atom is 0.341 e. The van der Waals surface area contributed by atoms with Crippen LogP contribution in [0.25, 0.3) is 16.7 Å². The second-order valence-corrected chi connectivity index (χ2v) is 7.86. The zero-order valence-electron chi connectivity index (χ0n) is 19.8. The smallest absolute Gasteiger partial charge is 0.341 e. The van der Waals surface area contributed by atoms with Crippen LogP contribution in [0.1, 0.15) is 37.6 Å². The Morgan fingerprint density at radius 1 is 1.09 bits per heavy atom. The van der Waals surface area contributed by atoms with E-state index >= 15 is 0 Å². The highest BCUT2D eigenvalue weighted by atomic mass is 16.5. The van der Waals surface area contributed by atoms with E-state index in [2.05, 4.69) is 9.98 Å². The van der Waals surface area contributed by atoms with E-state index in [9.17, 15) is 14.4 Å². The number of ether oxygens (including phenoxy) is 2. The van der Waals surface area contributed by atoms with Crippen LogP contribution in [0.2, 0.25) is 0 Å². The minimum atomic E-state index is -0.909. The lowest BCUT2D eigenvalue weighted by Crippen LogP contribution is -2.34. The predicted octanol–water partition coefficient (Wildman–Crippen LogP) is 3.13. The SMILES string of the molecule is CCCn1c(=NC(=O)[C@H](C)Oc2ccccc2)c(C(=O)OCC)cc2c(=O)n3ccccc3nc21. The molecule has 0 saturated carbocycles. The van der Waals surface area contributed by atoms with E-state index in [0.717, 1.165) is 0 Å². The molecule has 3 aromatic heterocycles. The minimum absolute atomic E-state index is 0.0165. The summed E-state index contributed by atoms with van der Waals surface area (Å²) in [5.74, 6) is -0.739. The summed E-state index contributed by atoms with van der Waals surface area (Å²) in [6, 6.07) is 15.6. The van der Waals surface area contributed by atoms with Gasteiger partial charge >= 0.3 is 5.97 Å². The first kappa shape index (κ1) is 23.9.